The van der Waals surface area contributed by atoms with E-state index >= 15 is 0 Å². The number of halogens is 3. The van der Waals surface area contributed by atoms with Crippen LogP contribution in [-0.2, 0) is 16.0 Å². The lowest BCUT2D eigenvalue weighted by Crippen LogP contribution is -2.14. The first-order valence-electron chi connectivity index (χ1n) is 8.63. The van der Waals surface area contributed by atoms with E-state index in [0.717, 1.165) is 25.0 Å². The Bertz CT molecular complexity index is 791. The van der Waals surface area contributed by atoms with Gasteiger partial charge in [0.1, 0.15) is 0 Å². The Labute approximate surface area is 151 Å². The molecule has 2 rings (SSSR count). The third-order valence-corrected chi connectivity index (χ3v) is 4.06. The molecule has 0 N–H and O–H groups in total. The van der Waals surface area contributed by atoms with Gasteiger partial charge in [0.05, 0.1) is 13.0 Å². The molecule has 26 heavy (non-hydrogen) atoms. The van der Waals surface area contributed by atoms with Gasteiger partial charge in [0.15, 0.2) is 11.6 Å². The van der Waals surface area contributed by atoms with E-state index in [1.54, 1.807) is 13.8 Å². The third kappa shape index (κ3) is 4.62. The summed E-state index contributed by atoms with van der Waals surface area (Å²) in [4.78, 5) is 15.7. The van der Waals surface area contributed by atoms with Crippen molar-refractivity contribution in [3.63, 3.8) is 0 Å². The van der Waals surface area contributed by atoms with E-state index in [9.17, 15) is 18.0 Å². The Balaban J connectivity index is 2.54. The fourth-order valence-corrected chi connectivity index (χ4v) is 2.83. The minimum absolute atomic E-state index is 0.102. The van der Waals surface area contributed by atoms with Crippen molar-refractivity contribution in [2.45, 2.75) is 46.0 Å². The molecule has 0 radical (unpaired) electrons. The summed E-state index contributed by atoms with van der Waals surface area (Å²) in [5.74, 6) is -3.66. The normalized spacial score (nSPS) is 11.0. The van der Waals surface area contributed by atoms with Crippen molar-refractivity contribution in [1.82, 2.24) is 4.98 Å². The highest BCUT2D eigenvalue weighted by molar-refractivity contribution is 5.79. The molecule has 1 aromatic heterocycles. The maximum absolute atomic E-state index is 14.4. The van der Waals surface area contributed by atoms with Gasteiger partial charge in [-0.2, -0.15) is 4.39 Å². The monoisotopic (exact) mass is 365 g/mol. The molecule has 1 aromatic carbocycles. The molecule has 2 aromatic rings. The quantitative estimate of drug-likeness (QED) is 0.386. The molecule has 1 heterocycles. The van der Waals surface area contributed by atoms with Crippen LogP contribution >= 0.6 is 0 Å². The number of hydrogen-bond donors (Lipinski definition) is 0. The number of carbonyl (C=O) groups is 1. The van der Waals surface area contributed by atoms with Crippen LogP contribution < -0.4 is 0 Å². The van der Waals surface area contributed by atoms with Crippen molar-refractivity contribution >= 4 is 5.97 Å². The SMILES string of the molecule is CCCCOC(=O)Cc1c(-c2ccnc(F)c2)cc(F)c(F)c1C(C)C. The van der Waals surface area contributed by atoms with Gasteiger partial charge in [-0.05, 0) is 46.7 Å². The lowest BCUT2D eigenvalue weighted by molar-refractivity contribution is -0.142. The van der Waals surface area contributed by atoms with Gasteiger partial charge in [0.2, 0.25) is 5.95 Å². The number of nitrogens with zero attached hydrogens (tertiary/aromatic N) is 1. The number of esters is 1. The Morgan fingerprint density at radius 2 is 1.96 bits per heavy atom. The van der Waals surface area contributed by atoms with Gasteiger partial charge in [-0.25, -0.2) is 13.8 Å². The summed E-state index contributed by atoms with van der Waals surface area (Å²) in [7, 11) is 0. The van der Waals surface area contributed by atoms with Crippen LogP contribution in [-0.4, -0.2) is 17.6 Å². The minimum Gasteiger partial charge on any atom is -0.465 e. The molecule has 6 heteroatoms. The topological polar surface area (TPSA) is 39.2 Å². The number of rotatable bonds is 7. The maximum atomic E-state index is 14.4. The number of benzene rings is 1. The molecule has 0 bridgehead atoms. The van der Waals surface area contributed by atoms with Crippen LogP contribution in [0, 0.1) is 17.6 Å². The Morgan fingerprint density at radius 3 is 2.58 bits per heavy atom. The van der Waals surface area contributed by atoms with Gasteiger partial charge in [-0.15, -0.1) is 0 Å². The number of aromatic nitrogens is 1. The van der Waals surface area contributed by atoms with E-state index in [1.807, 2.05) is 6.92 Å². The highest BCUT2D eigenvalue weighted by Crippen LogP contribution is 2.34. The van der Waals surface area contributed by atoms with Crippen LogP contribution in [0.4, 0.5) is 13.2 Å². The number of carbonyl (C=O) groups excluding carboxylic acids is 1. The summed E-state index contributed by atoms with van der Waals surface area (Å²) in [6, 6.07) is 3.61. The number of pyridine rings is 1. The van der Waals surface area contributed by atoms with E-state index in [-0.39, 0.29) is 30.1 Å². The smallest absolute Gasteiger partial charge is 0.310 e. The lowest BCUT2D eigenvalue weighted by Gasteiger charge is -2.19. The summed E-state index contributed by atoms with van der Waals surface area (Å²) in [6.45, 7) is 5.66. The van der Waals surface area contributed by atoms with Crippen LogP contribution in [0.15, 0.2) is 24.4 Å². The molecule has 0 saturated carbocycles. The molecule has 0 aliphatic rings. The predicted octanol–water partition coefficient (Wildman–Crippen LogP) is 5.18. The second kappa shape index (κ2) is 8.83. The zero-order valence-corrected chi connectivity index (χ0v) is 15.1. The van der Waals surface area contributed by atoms with E-state index in [1.165, 1.54) is 12.3 Å². The lowest BCUT2D eigenvalue weighted by atomic mass is 9.88. The zero-order chi connectivity index (χ0) is 19.3. The van der Waals surface area contributed by atoms with Crippen molar-refractivity contribution < 1.29 is 22.7 Å². The molecule has 0 atom stereocenters. The van der Waals surface area contributed by atoms with Crippen LogP contribution in [0.5, 0.6) is 0 Å². The van der Waals surface area contributed by atoms with Crippen molar-refractivity contribution in [3.8, 4) is 11.1 Å². The first-order valence-corrected chi connectivity index (χ1v) is 8.63. The average molecular weight is 365 g/mol. The highest BCUT2D eigenvalue weighted by atomic mass is 19.2. The molecule has 0 saturated heterocycles. The highest BCUT2D eigenvalue weighted by Gasteiger charge is 2.24. The van der Waals surface area contributed by atoms with E-state index in [4.69, 9.17) is 4.74 Å². The van der Waals surface area contributed by atoms with Gasteiger partial charge in [0.25, 0.3) is 0 Å². The first-order chi connectivity index (χ1) is 12.3. The van der Waals surface area contributed by atoms with Gasteiger partial charge >= 0.3 is 5.97 Å². The Kier molecular flexibility index (Phi) is 6.77. The van der Waals surface area contributed by atoms with Crippen molar-refractivity contribution in [3.05, 3.63) is 53.1 Å². The predicted molar refractivity (Wildman–Crippen MR) is 93.2 cm³/mol. The fourth-order valence-electron chi connectivity index (χ4n) is 2.83. The van der Waals surface area contributed by atoms with Crippen molar-refractivity contribution in [2.75, 3.05) is 6.61 Å². The summed E-state index contributed by atoms with van der Waals surface area (Å²) >= 11 is 0. The van der Waals surface area contributed by atoms with Crippen molar-refractivity contribution in [1.29, 1.82) is 0 Å². The van der Waals surface area contributed by atoms with Gasteiger partial charge in [-0.3, -0.25) is 4.79 Å². The van der Waals surface area contributed by atoms with Gasteiger partial charge < -0.3 is 4.74 Å². The number of ether oxygens (including phenoxy) is 1. The standard InChI is InChI=1S/C20H22F3NO2/c1-4-5-8-26-18(25)11-15-14(13-6-7-24-17(22)9-13)10-16(21)20(23)19(15)12(2)3/h6-7,9-10,12H,4-5,8,11H2,1-3H3. The number of unbranched alkanes of at least 4 members (excludes halogenated alkanes) is 1. The molecular formula is C20H22F3NO2. The van der Waals surface area contributed by atoms with E-state index in [2.05, 4.69) is 4.98 Å². The summed E-state index contributed by atoms with van der Waals surface area (Å²) in [5, 5.41) is 0. The Morgan fingerprint density at radius 1 is 1.23 bits per heavy atom. The molecule has 0 fully saturated rings. The zero-order valence-electron chi connectivity index (χ0n) is 15.1. The largest absolute Gasteiger partial charge is 0.465 e. The summed E-state index contributed by atoms with van der Waals surface area (Å²) < 4.78 is 47.3. The van der Waals surface area contributed by atoms with E-state index < -0.39 is 23.6 Å². The molecule has 3 nitrogen and oxygen atoms in total. The molecule has 0 amide bonds. The minimum atomic E-state index is -1.04. The molecule has 0 aliphatic heterocycles. The summed E-state index contributed by atoms with van der Waals surface area (Å²) in [5.41, 5.74) is 1.01. The van der Waals surface area contributed by atoms with Crippen LogP contribution in [0.1, 0.15) is 50.7 Å². The second-order valence-electron chi connectivity index (χ2n) is 6.38. The van der Waals surface area contributed by atoms with Crippen LogP contribution in [0.2, 0.25) is 0 Å². The molecule has 0 spiro atoms. The fraction of sp³-hybridized carbons (Fsp3) is 0.400. The molecule has 140 valence electrons. The van der Waals surface area contributed by atoms with Crippen LogP contribution in [0.3, 0.4) is 0 Å². The van der Waals surface area contributed by atoms with Crippen LogP contribution in [0.25, 0.3) is 11.1 Å². The number of hydrogen-bond acceptors (Lipinski definition) is 3. The third-order valence-electron chi connectivity index (χ3n) is 4.06. The summed E-state index contributed by atoms with van der Waals surface area (Å²) in [6.07, 6.45) is 2.62. The molecule has 0 unspecified atom stereocenters. The molecule has 0 aliphatic carbocycles. The van der Waals surface area contributed by atoms with Crippen molar-refractivity contribution in [2.24, 2.45) is 0 Å². The first kappa shape index (κ1) is 19.9. The molecular weight excluding hydrogens is 343 g/mol. The maximum Gasteiger partial charge on any atom is 0.310 e. The average Bonchev–Trinajstić information content (AvgIpc) is 2.58. The van der Waals surface area contributed by atoms with E-state index in [0.29, 0.717) is 11.1 Å². The van der Waals surface area contributed by atoms with Gasteiger partial charge in [-0.1, -0.05) is 27.2 Å². The second-order valence-corrected chi connectivity index (χ2v) is 6.38. The Hall–Kier alpha value is -2.37. The van der Waals surface area contributed by atoms with Gasteiger partial charge in [0, 0.05) is 12.3 Å².